The number of nitrogens with zero attached hydrogens (tertiary/aromatic N) is 1. The van der Waals surface area contributed by atoms with Crippen molar-refractivity contribution in [3.63, 3.8) is 0 Å². The molecule has 1 saturated carbocycles. The average Bonchev–Trinajstić information content (AvgIpc) is 2.06. The molecule has 1 heterocycles. The molecule has 2 nitrogen and oxygen atoms in total. The summed E-state index contributed by atoms with van der Waals surface area (Å²) in [5.74, 6) is 0.911. The summed E-state index contributed by atoms with van der Waals surface area (Å²) in [5.41, 5.74) is 0. The van der Waals surface area contributed by atoms with Gasteiger partial charge >= 0.3 is 0 Å². The van der Waals surface area contributed by atoms with Gasteiger partial charge in [0.15, 0.2) is 0 Å². The fourth-order valence-electron chi connectivity index (χ4n) is 2.66. The molecule has 1 aliphatic heterocycles. The molecule has 2 rings (SSSR count). The van der Waals surface area contributed by atoms with E-state index in [0.29, 0.717) is 6.04 Å². The summed E-state index contributed by atoms with van der Waals surface area (Å²) >= 11 is 0. The number of rotatable bonds is 2. The van der Waals surface area contributed by atoms with Gasteiger partial charge in [0.05, 0.1) is 6.10 Å². The van der Waals surface area contributed by atoms with Crippen molar-refractivity contribution in [1.82, 2.24) is 4.90 Å². The zero-order valence-electron chi connectivity index (χ0n) is 8.58. The smallest absolute Gasteiger partial charge is 0.0695 e. The van der Waals surface area contributed by atoms with Crippen LogP contribution >= 0.6 is 0 Å². The summed E-state index contributed by atoms with van der Waals surface area (Å²) in [4.78, 5) is 2.48. The van der Waals surface area contributed by atoms with E-state index >= 15 is 0 Å². The largest absolute Gasteiger partial charge is 0.391 e. The van der Waals surface area contributed by atoms with Crippen LogP contribution in [-0.2, 0) is 0 Å². The van der Waals surface area contributed by atoms with Crippen LogP contribution in [0, 0.1) is 5.92 Å². The van der Waals surface area contributed by atoms with E-state index in [1.807, 2.05) is 0 Å². The van der Waals surface area contributed by atoms with Crippen molar-refractivity contribution in [2.24, 2.45) is 5.92 Å². The molecule has 2 unspecified atom stereocenters. The van der Waals surface area contributed by atoms with Crippen LogP contribution in [0.4, 0.5) is 0 Å². The molecule has 13 heavy (non-hydrogen) atoms. The van der Waals surface area contributed by atoms with Gasteiger partial charge in [-0.1, -0.05) is 26.2 Å². The van der Waals surface area contributed by atoms with E-state index in [0.717, 1.165) is 12.3 Å². The molecule has 0 bridgehead atoms. The number of aliphatic hydroxyl groups excluding tert-OH is 1. The Labute approximate surface area is 80.9 Å². The maximum absolute atomic E-state index is 9.82. The van der Waals surface area contributed by atoms with E-state index in [1.165, 1.54) is 38.8 Å². The van der Waals surface area contributed by atoms with Gasteiger partial charge in [-0.15, -0.1) is 0 Å². The molecule has 0 amide bonds. The van der Waals surface area contributed by atoms with Gasteiger partial charge in [-0.05, 0) is 18.8 Å². The minimum atomic E-state index is -0.0356. The first-order valence-electron chi connectivity index (χ1n) is 5.73. The van der Waals surface area contributed by atoms with Gasteiger partial charge in [0.25, 0.3) is 0 Å². The van der Waals surface area contributed by atoms with E-state index < -0.39 is 0 Å². The van der Waals surface area contributed by atoms with Crippen LogP contribution in [-0.4, -0.2) is 35.2 Å². The van der Waals surface area contributed by atoms with Crippen LogP contribution in [0.1, 0.15) is 39.0 Å². The molecule has 76 valence electrons. The highest BCUT2D eigenvalue weighted by Crippen LogP contribution is 2.29. The molecular weight excluding hydrogens is 162 g/mol. The predicted molar refractivity (Wildman–Crippen MR) is 53.6 cm³/mol. The van der Waals surface area contributed by atoms with Crippen molar-refractivity contribution < 1.29 is 5.11 Å². The predicted octanol–water partition coefficient (Wildman–Crippen LogP) is 1.63. The maximum atomic E-state index is 9.82. The second-order valence-corrected chi connectivity index (χ2v) is 4.65. The van der Waals surface area contributed by atoms with Gasteiger partial charge in [-0.2, -0.15) is 0 Å². The highest BCUT2D eigenvalue weighted by atomic mass is 16.3. The Kier molecular flexibility index (Phi) is 2.89. The van der Waals surface area contributed by atoms with Crippen molar-refractivity contribution in [3.05, 3.63) is 0 Å². The van der Waals surface area contributed by atoms with Gasteiger partial charge in [-0.25, -0.2) is 0 Å². The third kappa shape index (κ3) is 1.89. The first kappa shape index (κ1) is 9.47. The quantitative estimate of drug-likeness (QED) is 0.703. The van der Waals surface area contributed by atoms with Crippen LogP contribution in [0.15, 0.2) is 0 Å². The zero-order valence-corrected chi connectivity index (χ0v) is 8.58. The lowest BCUT2D eigenvalue weighted by Crippen LogP contribution is -2.56. The average molecular weight is 183 g/mol. The summed E-state index contributed by atoms with van der Waals surface area (Å²) in [5, 5.41) is 9.82. The molecule has 1 aliphatic carbocycles. The van der Waals surface area contributed by atoms with Crippen molar-refractivity contribution >= 4 is 0 Å². The van der Waals surface area contributed by atoms with Crippen molar-refractivity contribution in [3.8, 4) is 0 Å². The Hall–Kier alpha value is -0.0800. The standard InChI is InChI=1S/C11H21NO/c1-2-9-7-12(8-9)10-5-3-4-6-11(10)13/h9-11,13H,2-8H2,1H3. The van der Waals surface area contributed by atoms with E-state index in [-0.39, 0.29) is 6.10 Å². The minimum Gasteiger partial charge on any atom is -0.391 e. The first-order valence-corrected chi connectivity index (χ1v) is 5.73. The molecule has 0 aromatic rings. The Balaban J connectivity index is 1.80. The van der Waals surface area contributed by atoms with Crippen LogP contribution in [0.2, 0.25) is 0 Å². The second kappa shape index (κ2) is 3.97. The van der Waals surface area contributed by atoms with Gasteiger partial charge in [0, 0.05) is 19.1 Å². The summed E-state index contributed by atoms with van der Waals surface area (Å²) < 4.78 is 0. The molecule has 0 aromatic heterocycles. The molecule has 0 radical (unpaired) electrons. The van der Waals surface area contributed by atoms with Gasteiger partial charge in [0.1, 0.15) is 0 Å². The van der Waals surface area contributed by atoms with Gasteiger partial charge < -0.3 is 5.11 Å². The Bertz CT molecular complexity index is 165. The number of hydrogen-bond acceptors (Lipinski definition) is 2. The molecule has 2 atom stereocenters. The van der Waals surface area contributed by atoms with Gasteiger partial charge in [-0.3, -0.25) is 4.90 Å². The number of aliphatic hydroxyl groups is 1. The zero-order chi connectivity index (χ0) is 9.26. The monoisotopic (exact) mass is 183 g/mol. The maximum Gasteiger partial charge on any atom is 0.0695 e. The Morgan fingerprint density at radius 1 is 1.23 bits per heavy atom. The van der Waals surface area contributed by atoms with Crippen molar-refractivity contribution in [1.29, 1.82) is 0 Å². The molecule has 0 aromatic carbocycles. The van der Waals surface area contributed by atoms with Gasteiger partial charge in [0.2, 0.25) is 0 Å². The lowest BCUT2D eigenvalue weighted by atomic mass is 9.86. The normalized spacial score (nSPS) is 37.4. The summed E-state index contributed by atoms with van der Waals surface area (Å²) in [7, 11) is 0. The van der Waals surface area contributed by atoms with Crippen LogP contribution in [0.3, 0.4) is 0 Å². The molecule has 1 saturated heterocycles. The van der Waals surface area contributed by atoms with E-state index in [2.05, 4.69) is 11.8 Å². The fourth-order valence-corrected chi connectivity index (χ4v) is 2.66. The Morgan fingerprint density at radius 2 is 1.92 bits per heavy atom. The van der Waals surface area contributed by atoms with E-state index in [4.69, 9.17) is 0 Å². The van der Waals surface area contributed by atoms with Crippen molar-refractivity contribution in [2.45, 2.75) is 51.2 Å². The third-order valence-electron chi connectivity index (χ3n) is 3.73. The highest BCUT2D eigenvalue weighted by Gasteiger charge is 2.35. The lowest BCUT2D eigenvalue weighted by molar-refractivity contribution is -0.0364. The number of likely N-dealkylation sites (tertiary alicyclic amines) is 1. The molecule has 2 fully saturated rings. The van der Waals surface area contributed by atoms with Crippen LogP contribution < -0.4 is 0 Å². The molecule has 1 N–H and O–H groups in total. The summed E-state index contributed by atoms with van der Waals surface area (Å²) in [6.45, 7) is 4.73. The van der Waals surface area contributed by atoms with E-state index in [1.54, 1.807) is 0 Å². The lowest BCUT2D eigenvalue weighted by Gasteiger charge is -2.47. The van der Waals surface area contributed by atoms with E-state index in [9.17, 15) is 5.11 Å². The SMILES string of the molecule is CCC1CN(C2CCCCC2O)C1. The fraction of sp³-hybridized carbons (Fsp3) is 1.00. The summed E-state index contributed by atoms with van der Waals surface area (Å²) in [6, 6.07) is 0.497. The Morgan fingerprint density at radius 3 is 2.54 bits per heavy atom. The van der Waals surface area contributed by atoms with Crippen LogP contribution in [0.5, 0.6) is 0 Å². The minimum absolute atomic E-state index is 0.0356. The molecule has 2 heteroatoms. The number of hydrogen-bond donors (Lipinski definition) is 1. The first-order chi connectivity index (χ1) is 6.31. The molecule has 2 aliphatic rings. The summed E-state index contributed by atoms with van der Waals surface area (Å²) in [6.07, 6.45) is 6.05. The third-order valence-corrected chi connectivity index (χ3v) is 3.73. The topological polar surface area (TPSA) is 23.5 Å². The molecule has 0 spiro atoms. The van der Waals surface area contributed by atoms with Crippen molar-refractivity contribution in [2.75, 3.05) is 13.1 Å². The second-order valence-electron chi connectivity index (χ2n) is 4.65. The molecular formula is C11H21NO. The highest BCUT2D eigenvalue weighted by molar-refractivity contribution is 4.90. The van der Waals surface area contributed by atoms with Crippen LogP contribution in [0.25, 0.3) is 0 Å².